The molecule has 0 aliphatic heterocycles. The quantitative estimate of drug-likeness (QED) is 0.676. The van der Waals surface area contributed by atoms with E-state index >= 15 is 0 Å². The second kappa shape index (κ2) is 7.95. The first kappa shape index (κ1) is 19.0. The first-order chi connectivity index (χ1) is 14.0. The Hall–Kier alpha value is -3.35. The van der Waals surface area contributed by atoms with Crippen LogP contribution in [-0.2, 0) is 6.54 Å². The van der Waals surface area contributed by atoms with E-state index in [0.29, 0.717) is 19.0 Å². The van der Waals surface area contributed by atoms with Gasteiger partial charge < -0.3 is 10.6 Å². The van der Waals surface area contributed by atoms with Crippen LogP contribution in [0.1, 0.15) is 35.7 Å². The van der Waals surface area contributed by atoms with E-state index in [4.69, 9.17) is 0 Å². The molecule has 1 aromatic heterocycles. The molecule has 0 bridgehead atoms. The third-order valence-electron chi connectivity index (χ3n) is 4.91. The van der Waals surface area contributed by atoms with Crippen molar-refractivity contribution in [3.63, 3.8) is 0 Å². The van der Waals surface area contributed by atoms with Gasteiger partial charge in [-0.3, -0.25) is 0 Å². The number of carbonyl (C=O) groups excluding carboxylic acids is 1. The first-order valence-corrected chi connectivity index (χ1v) is 9.89. The van der Waals surface area contributed by atoms with E-state index in [-0.39, 0.29) is 11.7 Å². The summed E-state index contributed by atoms with van der Waals surface area (Å²) < 4.78 is 3.13. The fraction of sp³-hybridized carbons (Fsp3) is 0.318. The molecule has 1 aliphatic carbocycles. The fourth-order valence-electron chi connectivity index (χ4n) is 3.49. The minimum atomic E-state index is -0.298. The smallest absolute Gasteiger partial charge is 0.336 e. The van der Waals surface area contributed by atoms with Crippen LogP contribution in [0.15, 0.2) is 53.3 Å². The summed E-state index contributed by atoms with van der Waals surface area (Å²) in [5, 5.41) is 10.2. The molecule has 1 saturated carbocycles. The SMILES string of the molecule is Cc1cc(C)cc(NC(=O)NCCn2nc(C3CC3)n(-c3ccccc3)c2=O)c1. The molecule has 1 fully saturated rings. The summed E-state index contributed by atoms with van der Waals surface area (Å²) in [5.74, 6) is 1.14. The summed E-state index contributed by atoms with van der Waals surface area (Å²) in [5.41, 5.74) is 3.58. The van der Waals surface area contributed by atoms with Gasteiger partial charge in [0.1, 0.15) is 5.82 Å². The number of amides is 2. The van der Waals surface area contributed by atoms with E-state index in [1.165, 1.54) is 4.68 Å². The van der Waals surface area contributed by atoms with Crippen molar-refractivity contribution in [3.8, 4) is 5.69 Å². The highest BCUT2D eigenvalue weighted by molar-refractivity contribution is 5.89. The van der Waals surface area contributed by atoms with Crippen LogP contribution in [-0.4, -0.2) is 26.9 Å². The maximum atomic E-state index is 12.9. The molecule has 0 unspecified atom stereocenters. The first-order valence-electron chi connectivity index (χ1n) is 9.89. The molecule has 2 amide bonds. The molecule has 1 aliphatic rings. The molecule has 4 rings (SSSR count). The molecule has 3 aromatic rings. The number of hydrogen-bond acceptors (Lipinski definition) is 3. The molecule has 0 saturated heterocycles. The van der Waals surface area contributed by atoms with Crippen molar-refractivity contribution < 1.29 is 4.79 Å². The Morgan fingerprint density at radius 1 is 1.10 bits per heavy atom. The van der Waals surface area contributed by atoms with Crippen LogP contribution in [0.3, 0.4) is 0 Å². The van der Waals surface area contributed by atoms with Crippen LogP contribution in [0.4, 0.5) is 10.5 Å². The van der Waals surface area contributed by atoms with Crippen molar-refractivity contribution in [3.05, 3.63) is 76.0 Å². The normalized spacial score (nSPS) is 13.3. The number of nitrogens with one attached hydrogen (secondary N) is 2. The summed E-state index contributed by atoms with van der Waals surface area (Å²) in [6.45, 7) is 4.61. The number of urea groups is 1. The predicted molar refractivity (Wildman–Crippen MR) is 113 cm³/mol. The van der Waals surface area contributed by atoms with E-state index < -0.39 is 0 Å². The van der Waals surface area contributed by atoms with E-state index in [1.54, 1.807) is 4.57 Å². The largest absolute Gasteiger partial charge is 0.350 e. The van der Waals surface area contributed by atoms with Crippen molar-refractivity contribution in [1.29, 1.82) is 0 Å². The highest BCUT2D eigenvalue weighted by atomic mass is 16.2. The molecule has 7 heteroatoms. The second-order valence-electron chi connectivity index (χ2n) is 7.57. The standard InChI is InChI=1S/C22H25N5O2/c1-15-12-16(2)14-18(13-15)24-21(28)23-10-11-26-22(29)27(19-6-4-3-5-7-19)20(25-26)17-8-9-17/h3-7,12-14,17H,8-11H2,1-2H3,(H2,23,24,28). The van der Waals surface area contributed by atoms with Gasteiger partial charge in [0.05, 0.1) is 12.2 Å². The number of rotatable bonds is 6. The fourth-order valence-corrected chi connectivity index (χ4v) is 3.49. The Morgan fingerprint density at radius 2 is 1.79 bits per heavy atom. The summed E-state index contributed by atoms with van der Waals surface area (Å²) in [7, 11) is 0. The zero-order valence-corrected chi connectivity index (χ0v) is 16.7. The lowest BCUT2D eigenvalue weighted by Crippen LogP contribution is -2.34. The molecule has 0 atom stereocenters. The molecule has 150 valence electrons. The van der Waals surface area contributed by atoms with Gasteiger partial charge in [-0.15, -0.1) is 0 Å². The second-order valence-corrected chi connectivity index (χ2v) is 7.57. The van der Waals surface area contributed by atoms with Gasteiger partial charge in [0.15, 0.2) is 0 Å². The van der Waals surface area contributed by atoms with Gasteiger partial charge >= 0.3 is 11.7 Å². The molecule has 2 aromatic carbocycles. The number of aryl methyl sites for hydroxylation is 2. The van der Waals surface area contributed by atoms with Crippen LogP contribution in [0.2, 0.25) is 0 Å². The van der Waals surface area contributed by atoms with Crippen LogP contribution >= 0.6 is 0 Å². The summed E-state index contributed by atoms with van der Waals surface area (Å²) in [6.07, 6.45) is 2.11. The summed E-state index contributed by atoms with van der Waals surface area (Å²) in [4.78, 5) is 25.1. The summed E-state index contributed by atoms with van der Waals surface area (Å²) in [6, 6.07) is 15.2. The number of aromatic nitrogens is 3. The van der Waals surface area contributed by atoms with Crippen LogP contribution in [0.5, 0.6) is 0 Å². The highest BCUT2D eigenvalue weighted by Gasteiger charge is 2.31. The lowest BCUT2D eigenvalue weighted by molar-refractivity contribution is 0.251. The van der Waals surface area contributed by atoms with E-state index in [0.717, 1.165) is 41.2 Å². The van der Waals surface area contributed by atoms with Gasteiger partial charge in [-0.2, -0.15) is 5.10 Å². The zero-order chi connectivity index (χ0) is 20.4. The maximum Gasteiger partial charge on any atom is 0.350 e. The summed E-state index contributed by atoms with van der Waals surface area (Å²) >= 11 is 0. The topological polar surface area (TPSA) is 81.0 Å². The van der Waals surface area contributed by atoms with E-state index in [1.807, 2.05) is 56.3 Å². The Labute approximate surface area is 169 Å². The average molecular weight is 391 g/mol. The van der Waals surface area contributed by atoms with Crippen molar-refractivity contribution in [2.75, 3.05) is 11.9 Å². The maximum absolute atomic E-state index is 12.9. The van der Waals surface area contributed by atoms with Crippen molar-refractivity contribution >= 4 is 11.7 Å². The molecule has 0 radical (unpaired) electrons. The zero-order valence-electron chi connectivity index (χ0n) is 16.7. The Balaban J connectivity index is 1.42. The van der Waals surface area contributed by atoms with Crippen LogP contribution in [0, 0.1) is 13.8 Å². The Kier molecular flexibility index (Phi) is 5.20. The molecular formula is C22H25N5O2. The number of nitrogens with zero attached hydrogens (tertiary/aromatic N) is 3. The van der Waals surface area contributed by atoms with Crippen molar-refractivity contribution in [2.45, 2.75) is 39.2 Å². The van der Waals surface area contributed by atoms with E-state index in [9.17, 15) is 9.59 Å². The molecule has 7 nitrogen and oxygen atoms in total. The highest BCUT2D eigenvalue weighted by Crippen LogP contribution is 2.39. The third-order valence-corrected chi connectivity index (χ3v) is 4.91. The average Bonchev–Trinajstić information content (AvgIpc) is 3.46. The van der Waals surface area contributed by atoms with Crippen molar-refractivity contribution in [1.82, 2.24) is 19.7 Å². The number of para-hydroxylation sites is 1. The van der Waals surface area contributed by atoms with Crippen molar-refractivity contribution in [2.24, 2.45) is 0 Å². The lowest BCUT2D eigenvalue weighted by atomic mass is 10.1. The lowest BCUT2D eigenvalue weighted by Gasteiger charge is -2.09. The minimum Gasteiger partial charge on any atom is -0.336 e. The molecule has 0 spiro atoms. The molecule has 29 heavy (non-hydrogen) atoms. The van der Waals surface area contributed by atoms with Crippen LogP contribution in [0.25, 0.3) is 5.69 Å². The van der Waals surface area contributed by atoms with Crippen LogP contribution < -0.4 is 16.3 Å². The third kappa shape index (κ3) is 4.39. The van der Waals surface area contributed by atoms with Gasteiger partial charge in [-0.25, -0.2) is 18.8 Å². The number of carbonyl (C=O) groups is 1. The van der Waals surface area contributed by atoms with E-state index in [2.05, 4.69) is 21.8 Å². The Morgan fingerprint density at radius 3 is 2.45 bits per heavy atom. The number of benzene rings is 2. The molecule has 2 N–H and O–H groups in total. The Bertz CT molecular complexity index is 1060. The van der Waals surface area contributed by atoms with Gasteiger partial charge in [0, 0.05) is 18.2 Å². The number of hydrogen-bond donors (Lipinski definition) is 2. The minimum absolute atomic E-state index is 0.172. The van der Waals surface area contributed by atoms with Gasteiger partial charge in [0.25, 0.3) is 0 Å². The number of anilines is 1. The predicted octanol–water partition coefficient (Wildman–Crippen LogP) is 3.35. The van der Waals surface area contributed by atoms with Gasteiger partial charge in [-0.05, 0) is 62.1 Å². The monoisotopic (exact) mass is 391 g/mol. The molecule has 1 heterocycles. The molecular weight excluding hydrogens is 366 g/mol. The van der Waals surface area contributed by atoms with Gasteiger partial charge in [-0.1, -0.05) is 24.3 Å². The van der Waals surface area contributed by atoms with Gasteiger partial charge in [0.2, 0.25) is 0 Å².